The normalized spacial score (nSPS) is 10.1. The second-order valence-electron chi connectivity index (χ2n) is 4.50. The number of hydrogen-bond acceptors (Lipinski definition) is 4. The van der Waals surface area contributed by atoms with Crippen molar-refractivity contribution < 1.29 is 19.4 Å². The summed E-state index contributed by atoms with van der Waals surface area (Å²) in [6, 6.07) is 12.3. The number of aryl methyl sites for hydroxylation is 2. The Hall–Kier alpha value is -2.49. The maximum absolute atomic E-state index is 11.6. The molecule has 0 radical (unpaired) electrons. The van der Waals surface area contributed by atoms with Gasteiger partial charge in [-0.1, -0.05) is 24.3 Å². The van der Waals surface area contributed by atoms with Gasteiger partial charge in [0.25, 0.3) is 0 Å². The minimum absolute atomic E-state index is 0.0445. The van der Waals surface area contributed by atoms with Crippen molar-refractivity contribution in [3.8, 4) is 17.2 Å². The van der Waals surface area contributed by atoms with Crippen molar-refractivity contribution in [3.05, 3.63) is 53.6 Å². The lowest BCUT2D eigenvalue weighted by Crippen LogP contribution is -2.17. The highest BCUT2D eigenvalue weighted by molar-refractivity contribution is 5.74. The van der Waals surface area contributed by atoms with E-state index in [0.29, 0.717) is 11.3 Å². The molecule has 0 amide bonds. The maximum Gasteiger partial charge on any atom is 0.349 e. The van der Waals surface area contributed by atoms with Crippen LogP contribution in [-0.4, -0.2) is 17.7 Å². The van der Waals surface area contributed by atoms with Crippen molar-refractivity contribution in [2.45, 2.75) is 13.8 Å². The number of esters is 1. The average molecular weight is 272 g/mol. The Balaban J connectivity index is 1.97. The van der Waals surface area contributed by atoms with E-state index in [0.717, 1.165) is 5.56 Å². The molecule has 20 heavy (non-hydrogen) atoms. The molecule has 0 bridgehead atoms. The van der Waals surface area contributed by atoms with Crippen LogP contribution in [0.5, 0.6) is 17.2 Å². The van der Waals surface area contributed by atoms with Gasteiger partial charge in [0.15, 0.2) is 18.1 Å². The molecule has 0 fully saturated rings. The van der Waals surface area contributed by atoms with Gasteiger partial charge < -0.3 is 14.6 Å². The number of aromatic hydroxyl groups is 1. The highest BCUT2D eigenvalue weighted by Gasteiger charge is 2.10. The standard InChI is InChI=1S/C16H16O4/c1-11-8-12(2)16(18)14(9-11)19-10-15(17)20-13-6-4-3-5-7-13/h3-9,18H,10H2,1-2H3. The third-order valence-corrected chi connectivity index (χ3v) is 2.73. The van der Waals surface area contributed by atoms with Crippen LogP contribution in [0.25, 0.3) is 0 Å². The summed E-state index contributed by atoms with van der Waals surface area (Å²) in [4.78, 5) is 11.6. The SMILES string of the molecule is Cc1cc(C)c(O)c(OCC(=O)Oc2ccccc2)c1. The third kappa shape index (κ3) is 3.51. The van der Waals surface area contributed by atoms with Crippen LogP contribution in [0.3, 0.4) is 0 Å². The van der Waals surface area contributed by atoms with E-state index in [1.54, 1.807) is 37.3 Å². The molecule has 2 rings (SSSR count). The van der Waals surface area contributed by atoms with E-state index in [1.807, 2.05) is 19.1 Å². The van der Waals surface area contributed by atoms with E-state index >= 15 is 0 Å². The molecule has 0 aliphatic rings. The second-order valence-corrected chi connectivity index (χ2v) is 4.50. The number of para-hydroxylation sites is 1. The van der Waals surface area contributed by atoms with E-state index in [-0.39, 0.29) is 18.1 Å². The summed E-state index contributed by atoms with van der Waals surface area (Å²) in [5.74, 6) is 0.274. The Kier molecular flexibility index (Phi) is 4.25. The van der Waals surface area contributed by atoms with E-state index in [9.17, 15) is 9.90 Å². The van der Waals surface area contributed by atoms with Crippen LogP contribution in [-0.2, 0) is 4.79 Å². The molecule has 4 nitrogen and oxygen atoms in total. The summed E-state index contributed by atoms with van der Waals surface area (Å²) in [7, 11) is 0. The van der Waals surface area contributed by atoms with Crippen LogP contribution in [0.2, 0.25) is 0 Å². The molecule has 0 saturated heterocycles. The Morgan fingerprint density at radius 3 is 2.55 bits per heavy atom. The van der Waals surface area contributed by atoms with E-state index in [1.165, 1.54) is 0 Å². The number of carbonyl (C=O) groups is 1. The van der Waals surface area contributed by atoms with E-state index in [4.69, 9.17) is 9.47 Å². The predicted octanol–water partition coefficient (Wildman–Crippen LogP) is 2.99. The first-order valence-corrected chi connectivity index (χ1v) is 6.25. The Morgan fingerprint density at radius 1 is 1.15 bits per heavy atom. The molecule has 0 aliphatic heterocycles. The number of rotatable bonds is 4. The van der Waals surface area contributed by atoms with Gasteiger partial charge in [-0.2, -0.15) is 0 Å². The molecule has 0 unspecified atom stereocenters. The minimum Gasteiger partial charge on any atom is -0.504 e. The summed E-state index contributed by atoms with van der Waals surface area (Å²) >= 11 is 0. The minimum atomic E-state index is -0.519. The zero-order chi connectivity index (χ0) is 14.5. The number of hydrogen-bond donors (Lipinski definition) is 1. The van der Waals surface area contributed by atoms with Crippen molar-refractivity contribution >= 4 is 5.97 Å². The lowest BCUT2D eigenvalue weighted by Gasteiger charge is -2.10. The molecule has 0 atom stereocenters. The van der Waals surface area contributed by atoms with Gasteiger partial charge in [0.05, 0.1) is 0 Å². The summed E-state index contributed by atoms with van der Waals surface area (Å²) < 4.78 is 10.4. The molecular formula is C16H16O4. The van der Waals surface area contributed by atoms with Gasteiger partial charge >= 0.3 is 5.97 Å². The predicted molar refractivity (Wildman–Crippen MR) is 75.2 cm³/mol. The van der Waals surface area contributed by atoms with Crippen molar-refractivity contribution in [2.24, 2.45) is 0 Å². The maximum atomic E-state index is 11.6. The Morgan fingerprint density at radius 2 is 1.85 bits per heavy atom. The fourth-order valence-electron chi connectivity index (χ4n) is 1.82. The van der Waals surface area contributed by atoms with Crippen LogP contribution in [0.1, 0.15) is 11.1 Å². The zero-order valence-corrected chi connectivity index (χ0v) is 11.4. The summed E-state index contributed by atoms with van der Waals surface area (Å²) in [6.45, 7) is 3.41. The molecule has 0 aliphatic carbocycles. The topological polar surface area (TPSA) is 55.8 Å². The molecule has 0 heterocycles. The molecular weight excluding hydrogens is 256 g/mol. The van der Waals surface area contributed by atoms with Gasteiger partial charge in [-0.3, -0.25) is 0 Å². The Labute approximate surface area is 117 Å². The van der Waals surface area contributed by atoms with Crippen molar-refractivity contribution in [3.63, 3.8) is 0 Å². The van der Waals surface area contributed by atoms with Crippen LogP contribution < -0.4 is 9.47 Å². The van der Waals surface area contributed by atoms with Gasteiger partial charge in [0, 0.05) is 0 Å². The first-order valence-electron chi connectivity index (χ1n) is 6.25. The quantitative estimate of drug-likeness (QED) is 0.686. The van der Waals surface area contributed by atoms with Crippen LogP contribution >= 0.6 is 0 Å². The van der Waals surface area contributed by atoms with Gasteiger partial charge in [0.1, 0.15) is 5.75 Å². The molecule has 1 N–H and O–H groups in total. The van der Waals surface area contributed by atoms with Crippen molar-refractivity contribution in [1.29, 1.82) is 0 Å². The van der Waals surface area contributed by atoms with Gasteiger partial charge in [-0.05, 0) is 43.2 Å². The van der Waals surface area contributed by atoms with Crippen LogP contribution in [0.15, 0.2) is 42.5 Å². The van der Waals surface area contributed by atoms with E-state index < -0.39 is 5.97 Å². The summed E-state index contributed by atoms with van der Waals surface area (Å²) in [6.07, 6.45) is 0. The number of benzene rings is 2. The van der Waals surface area contributed by atoms with Gasteiger partial charge in [0.2, 0.25) is 0 Å². The molecule has 4 heteroatoms. The van der Waals surface area contributed by atoms with E-state index in [2.05, 4.69) is 0 Å². The molecule has 2 aromatic carbocycles. The zero-order valence-electron chi connectivity index (χ0n) is 11.4. The highest BCUT2D eigenvalue weighted by Crippen LogP contribution is 2.30. The lowest BCUT2D eigenvalue weighted by molar-refractivity contribution is -0.136. The lowest BCUT2D eigenvalue weighted by atomic mass is 10.1. The monoisotopic (exact) mass is 272 g/mol. The second kappa shape index (κ2) is 6.10. The van der Waals surface area contributed by atoms with Crippen molar-refractivity contribution in [1.82, 2.24) is 0 Å². The first-order chi connectivity index (χ1) is 9.56. The van der Waals surface area contributed by atoms with Gasteiger partial charge in [-0.25, -0.2) is 4.79 Å². The third-order valence-electron chi connectivity index (χ3n) is 2.73. The number of phenols is 1. The average Bonchev–Trinajstić information content (AvgIpc) is 2.42. The molecule has 104 valence electrons. The first kappa shape index (κ1) is 13.9. The Bertz CT molecular complexity index is 605. The fourth-order valence-corrected chi connectivity index (χ4v) is 1.82. The van der Waals surface area contributed by atoms with Crippen molar-refractivity contribution in [2.75, 3.05) is 6.61 Å². The smallest absolute Gasteiger partial charge is 0.349 e. The summed E-state index contributed by atoms with van der Waals surface area (Å²) in [5, 5.41) is 9.85. The number of ether oxygens (including phenoxy) is 2. The molecule has 0 saturated carbocycles. The molecule has 0 aromatic heterocycles. The number of phenolic OH excluding ortho intramolecular Hbond substituents is 1. The molecule has 0 spiro atoms. The summed E-state index contributed by atoms with van der Waals surface area (Å²) in [5.41, 5.74) is 1.66. The van der Waals surface area contributed by atoms with Crippen LogP contribution in [0.4, 0.5) is 0 Å². The van der Waals surface area contributed by atoms with Gasteiger partial charge in [-0.15, -0.1) is 0 Å². The largest absolute Gasteiger partial charge is 0.504 e. The highest BCUT2D eigenvalue weighted by atomic mass is 16.6. The number of carbonyl (C=O) groups excluding carboxylic acids is 1. The fraction of sp³-hybridized carbons (Fsp3) is 0.188. The molecule has 2 aromatic rings. The van der Waals surface area contributed by atoms with Crippen LogP contribution in [0, 0.1) is 13.8 Å².